The lowest BCUT2D eigenvalue weighted by atomic mass is 9.81. The van der Waals surface area contributed by atoms with Crippen molar-refractivity contribution in [3.63, 3.8) is 0 Å². The standard InChI is InChI=1S/C7H9BBrNO3/c1-2-13-7-5(8(11)12)3-10-4-6(7)9/h3-4,11-12H,2H2,1H3. The first-order valence-corrected chi connectivity index (χ1v) is 4.58. The predicted molar refractivity (Wildman–Crippen MR) is 52.9 cm³/mol. The van der Waals surface area contributed by atoms with Crippen LogP contribution in [-0.2, 0) is 0 Å². The van der Waals surface area contributed by atoms with Crippen LogP contribution in [0.25, 0.3) is 0 Å². The molecular formula is C7H9BBrNO3. The van der Waals surface area contributed by atoms with E-state index in [0.29, 0.717) is 16.8 Å². The van der Waals surface area contributed by atoms with E-state index in [9.17, 15) is 0 Å². The van der Waals surface area contributed by atoms with E-state index in [1.54, 1.807) is 0 Å². The summed E-state index contributed by atoms with van der Waals surface area (Å²) in [6.45, 7) is 2.28. The Labute approximate surface area is 84.8 Å². The van der Waals surface area contributed by atoms with E-state index in [4.69, 9.17) is 14.8 Å². The van der Waals surface area contributed by atoms with Gasteiger partial charge in [0.25, 0.3) is 0 Å². The first kappa shape index (κ1) is 10.5. The van der Waals surface area contributed by atoms with Crippen LogP contribution in [0, 0.1) is 0 Å². The van der Waals surface area contributed by atoms with Gasteiger partial charge in [0, 0.05) is 17.9 Å². The lowest BCUT2D eigenvalue weighted by Crippen LogP contribution is -2.32. The summed E-state index contributed by atoms with van der Waals surface area (Å²) < 4.78 is 5.83. The second-order valence-electron chi connectivity index (χ2n) is 2.35. The maximum atomic E-state index is 8.97. The van der Waals surface area contributed by atoms with E-state index in [0.717, 1.165) is 0 Å². The van der Waals surface area contributed by atoms with Crippen LogP contribution in [0.3, 0.4) is 0 Å². The fourth-order valence-electron chi connectivity index (χ4n) is 0.919. The van der Waals surface area contributed by atoms with Crippen molar-refractivity contribution in [3.05, 3.63) is 16.9 Å². The van der Waals surface area contributed by atoms with Crippen LogP contribution in [0.15, 0.2) is 16.9 Å². The molecule has 13 heavy (non-hydrogen) atoms. The zero-order valence-corrected chi connectivity index (χ0v) is 8.65. The molecule has 6 heteroatoms. The minimum absolute atomic E-state index is 0.260. The zero-order valence-electron chi connectivity index (χ0n) is 7.07. The van der Waals surface area contributed by atoms with Crippen LogP contribution in [0.2, 0.25) is 0 Å². The Morgan fingerprint density at radius 1 is 1.54 bits per heavy atom. The fraction of sp³-hybridized carbons (Fsp3) is 0.286. The molecule has 0 aliphatic carbocycles. The van der Waals surface area contributed by atoms with Crippen LogP contribution >= 0.6 is 15.9 Å². The normalized spacial score (nSPS) is 9.85. The third kappa shape index (κ3) is 2.43. The Morgan fingerprint density at radius 3 is 2.77 bits per heavy atom. The summed E-state index contributed by atoms with van der Waals surface area (Å²) >= 11 is 3.21. The number of hydrogen-bond donors (Lipinski definition) is 2. The molecule has 4 nitrogen and oxygen atoms in total. The van der Waals surface area contributed by atoms with Gasteiger partial charge in [-0.1, -0.05) is 0 Å². The molecule has 1 aromatic heterocycles. The van der Waals surface area contributed by atoms with Gasteiger partial charge in [-0.2, -0.15) is 0 Å². The maximum Gasteiger partial charge on any atom is 0.493 e. The summed E-state index contributed by atoms with van der Waals surface area (Å²) in [7, 11) is -1.56. The number of hydrogen-bond acceptors (Lipinski definition) is 4. The molecule has 0 bridgehead atoms. The highest BCUT2D eigenvalue weighted by molar-refractivity contribution is 9.10. The third-order valence-electron chi connectivity index (χ3n) is 1.45. The Kier molecular flexibility index (Phi) is 3.71. The van der Waals surface area contributed by atoms with Gasteiger partial charge in [-0.05, 0) is 22.9 Å². The third-order valence-corrected chi connectivity index (χ3v) is 2.01. The maximum absolute atomic E-state index is 8.97. The molecule has 0 fully saturated rings. The van der Waals surface area contributed by atoms with Crippen molar-refractivity contribution in [1.82, 2.24) is 4.98 Å². The Morgan fingerprint density at radius 2 is 2.23 bits per heavy atom. The average Bonchev–Trinajstić information content (AvgIpc) is 2.08. The van der Waals surface area contributed by atoms with Gasteiger partial charge in [0.1, 0.15) is 5.75 Å². The van der Waals surface area contributed by atoms with Crippen molar-refractivity contribution in [3.8, 4) is 5.75 Å². The lowest BCUT2D eigenvalue weighted by molar-refractivity contribution is 0.337. The fourth-order valence-corrected chi connectivity index (χ4v) is 1.38. The zero-order chi connectivity index (χ0) is 9.84. The van der Waals surface area contributed by atoms with Crippen LogP contribution in [0.4, 0.5) is 0 Å². The summed E-state index contributed by atoms with van der Waals surface area (Å²) in [4.78, 5) is 3.80. The molecule has 70 valence electrons. The van der Waals surface area contributed by atoms with E-state index in [1.165, 1.54) is 12.4 Å². The molecule has 0 spiro atoms. The number of pyridine rings is 1. The first-order chi connectivity index (χ1) is 6.16. The van der Waals surface area contributed by atoms with Gasteiger partial charge in [-0.25, -0.2) is 0 Å². The molecule has 2 N–H and O–H groups in total. The number of rotatable bonds is 3. The molecule has 1 rings (SSSR count). The minimum Gasteiger partial charge on any atom is -0.493 e. The second-order valence-corrected chi connectivity index (χ2v) is 3.20. The smallest absolute Gasteiger partial charge is 0.493 e. The Balaban J connectivity index is 3.09. The topological polar surface area (TPSA) is 62.6 Å². The number of nitrogens with zero attached hydrogens (tertiary/aromatic N) is 1. The molecule has 0 unspecified atom stereocenters. The lowest BCUT2D eigenvalue weighted by Gasteiger charge is -2.10. The van der Waals surface area contributed by atoms with Crippen molar-refractivity contribution < 1.29 is 14.8 Å². The number of ether oxygens (including phenoxy) is 1. The van der Waals surface area contributed by atoms with E-state index in [-0.39, 0.29) is 5.46 Å². The molecule has 0 saturated heterocycles. The van der Waals surface area contributed by atoms with Gasteiger partial charge in [0.05, 0.1) is 11.1 Å². The molecule has 0 amide bonds. The molecule has 0 aromatic carbocycles. The summed E-state index contributed by atoms with van der Waals surface area (Å²) in [5, 5.41) is 17.9. The number of halogens is 1. The highest BCUT2D eigenvalue weighted by Gasteiger charge is 2.19. The number of aromatic nitrogens is 1. The molecular weight excluding hydrogens is 237 g/mol. The Bertz CT molecular complexity index is 295. The average molecular weight is 246 g/mol. The SMILES string of the molecule is CCOc1c(Br)cncc1B(O)O. The van der Waals surface area contributed by atoms with E-state index in [2.05, 4.69) is 20.9 Å². The van der Waals surface area contributed by atoms with Gasteiger partial charge < -0.3 is 14.8 Å². The summed E-state index contributed by atoms with van der Waals surface area (Å²) in [6, 6.07) is 0. The minimum atomic E-state index is -1.56. The van der Waals surface area contributed by atoms with Crippen LogP contribution in [0.1, 0.15) is 6.92 Å². The quantitative estimate of drug-likeness (QED) is 0.732. The van der Waals surface area contributed by atoms with E-state index >= 15 is 0 Å². The molecule has 0 radical (unpaired) electrons. The highest BCUT2D eigenvalue weighted by Crippen LogP contribution is 2.21. The highest BCUT2D eigenvalue weighted by atomic mass is 79.9. The van der Waals surface area contributed by atoms with Gasteiger partial charge >= 0.3 is 7.12 Å². The molecule has 1 heterocycles. The van der Waals surface area contributed by atoms with Gasteiger partial charge in [0.2, 0.25) is 0 Å². The van der Waals surface area contributed by atoms with Gasteiger partial charge in [-0.15, -0.1) is 0 Å². The first-order valence-electron chi connectivity index (χ1n) is 3.79. The van der Waals surface area contributed by atoms with Crippen molar-refractivity contribution in [1.29, 1.82) is 0 Å². The van der Waals surface area contributed by atoms with Gasteiger partial charge in [-0.3, -0.25) is 4.98 Å². The van der Waals surface area contributed by atoms with Crippen molar-refractivity contribution in [2.45, 2.75) is 6.92 Å². The van der Waals surface area contributed by atoms with E-state index in [1.807, 2.05) is 6.92 Å². The molecule has 0 aliphatic heterocycles. The summed E-state index contributed by atoms with van der Waals surface area (Å²) in [5.74, 6) is 0.424. The van der Waals surface area contributed by atoms with Gasteiger partial charge in [0.15, 0.2) is 0 Å². The largest absolute Gasteiger partial charge is 0.493 e. The van der Waals surface area contributed by atoms with Crippen molar-refractivity contribution >= 4 is 28.5 Å². The monoisotopic (exact) mass is 245 g/mol. The van der Waals surface area contributed by atoms with E-state index < -0.39 is 7.12 Å². The van der Waals surface area contributed by atoms with Crippen molar-refractivity contribution in [2.24, 2.45) is 0 Å². The molecule has 1 aromatic rings. The second kappa shape index (κ2) is 4.60. The van der Waals surface area contributed by atoms with Crippen LogP contribution < -0.4 is 10.2 Å². The molecule has 0 saturated carbocycles. The Hall–Kier alpha value is -0.585. The molecule has 0 atom stereocenters. The summed E-state index contributed by atoms with van der Waals surface area (Å²) in [6.07, 6.45) is 2.90. The summed E-state index contributed by atoms with van der Waals surface area (Å²) in [5.41, 5.74) is 0.260. The van der Waals surface area contributed by atoms with Crippen LogP contribution in [0.5, 0.6) is 5.75 Å². The van der Waals surface area contributed by atoms with Crippen LogP contribution in [-0.4, -0.2) is 28.8 Å². The van der Waals surface area contributed by atoms with Crippen molar-refractivity contribution in [2.75, 3.05) is 6.61 Å². The predicted octanol–water partition coefficient (Wildman–Crippen LogP) is -0.0774. The molecule has 0 aliphatic rings.